The van der Waals surface area contributed by atoms with Crippen molar-refractivity contribution in [3.05, 3.63) is 0 Å². The van der Waals surface area contributed by atoms with Crippen molar-refractivity contribution in [1.82, 2.24) is 10.2 Å². The molecule has 1 saturated carbocycles. The molecule has 0 bridgehead atoms. The fourth-order valence-electron chi connectivity index (χ4n) is 3.38. The molecule has 0 radical (unpaired) electrons. The van der Waals surface area contributed by atoms with Gasteiger partial charge in [0.05, 0.1) is 0 Å². The summed E-state index contributed by atoms with van der Waals surface area (Å²) in [5, 5.41) is 2.91. The first-order chi connectivity index (χ1) is 8.98. The normalized spacial score (nSPS) is 36.9. The van der Waals surface area contributed by atoms with E-state index in [9.17, 15) is 9.59 Å². The molecule has 1 saturated heterocycles. The fourth-order valence-corrected chi connectivity index (χ4v) is 3.38. The molecule has 1 heterocycles. The molecule has 1 N–H and O–H groups in total. The van der Waals surface area contributed by atoms with E-state index in [2.05, 4.69) is 12.2 Å². The highest BCUT2D eigenvalue weighted by Crippen LogP contribution is 2.31. The van der Waals surface area contributed by atoms with Gasteiger partial charge in [0.25, 0.3) is 0 Å². The van der Waals surface area contributed by atoms with E-state index < -0.39 is 5.54 Å². The van der Waals surface area contributed by atoms with Crippen molar-refractivity contribution in [2.75, 3.05) is 6.54 Å². The van der Waals surface area contributed by atoms with Gasteiger partial charge in [0.15, 0.2) is 0 Å². The smallest absolute Gasteiger partial charge is 0.248 e. The quantitative estimate of drug-likeness (QED) is 0.832. The third kappa shape index (κ3) is 2.77. The summed E-state index contributed by atoms with van der Waals surface area (Å²) in [4.78, 5) is 26.6. The number of nitrogens with one attached hydrogen (secondary N) is 1. The first kappa shape index (κ1) is 14.4. The second-order valence-electron chi connectivity index (χ2n) is 6.31. The highest BCUT2D eigenvalue weighted by atomic mass is 16.2. The summed E-state index contributed by atoms with van der Waals surface area (Å²) in [5.74, 6) is 0.662. The van der Waals surface area contributed by atoms with Crippen molar-refractivity contribution in [2.45, 2.75) is 70.9 Å². The van der Waals surface area contributed by atoms with E-state index in [0.29, 0.717) is 31.3 Å². The number of nitrogens with zero attached hydrogens (tertiary/aromatic N) is 1. The van der Waals surface area contributed by atoms with Crippen LogP contribution in [0.3, 0.4) is 0 Å². The molecule has 2 rings (SSSR count). The number of hydrogen-bond acceptors (Lipinski definition) is 2. The minimum absolute atomic E-state index is 0.00339. The largest absolute Gasteiger partial charge is 0.342 e. The summed E-state index contributed by atoms with van der Waals surface area (Å²) in [5.41, 5.74) is -0.718. The average molecular weight is 266 g/mol. The number of rotatable bonds is 2. The van der Waals surface area contributed by atoms with Gasteiger partial charge in [0, 0.05) is 19.0 Å². The summed E-state index contributed by atoms with van der Waals surface area (Å²) in [7, 11) is 0. The zero-order valence-corrected chi connectivity index (χ0v) is 12.4. The van der Waals surface area contributed by atoms with E-state index >= 15 is 0 Å². The van der Waals surface area contributed by atoms with Gasteiger partial charge in [0.2, 0.25) is 11.8 Å². The molecular formula is C15H26N2O2. The number of carbonyl (C=O) groups excluding carboxylic acids is 2. The van der Waals surface area contributed by atoms with Crippen LogP contribution < -0.4 is 5.32 Å². The van der Waals surface area contributed by atoms with E-state index in [1.807, 2.05) is 18.7 Å². The zero-order valence-electron chi connectivity index (χ0n) is 12.4. The summed E-state index contributed by atoms with van der Waals surface area (Å²) < 4.78 is 0. The lowest BCUT2D eigenvalue weighted by molar-refractivity contribution is -0.141. The van der Waals surface area contributed by atoms with E-state index in [1.165, 1.54) is 19.3 Å². The third-order valence-electron chi connectivity index (χ3n) is 4.90. The zero-order chi connectivity index (χ0) is 14.0. The SMILES string of the molecule is CCC1(C)NC(=O)CCN(C2CCCCC2C)C1=O. The fraction of sp³-hybridized carbons (Fsp3) is 0.867. The summed E-state index contributed by atoms with van der Waals surface area (Å²) in [6.07, 6.45) is 5.82. The Morgan fingerprint density at radius 2 is 2.00 bits per heavy atom. The Kier molecular flexibility index (Phi) is 4.16. The van der Waals surface area contributed by atoms with Gasteiger partial charge in [-0.3, -0.25) is 9.59 Å². The predicted octanol–water partition coefficient (Wildman–Crippen LogP) is 2.08. The maximum absolute atomic E-state index is 12.8. The number of carbonyl (C=O) groups is 2. The predicted molar refractivity (Wildman–Crippen MR) is 74.6 cm³/mol. The van der Waals surface area contributed by atoms with E-state index in [1.54, 1.807) is 0 Å². The topological polar surface area (TPSA) is 49.4 Å². The van der Waals surface area contributed by atoms with E-state index in [0.717, 1.165) is 6.42 Å². The minimum atomic E-state index is -0.718. The van der Waals surface area contributed by atoms with Crippen LogP contribution in [0, 0.1) is 5.92 Å². The highest BCUT2D eigenvalue weighted by Gasteiger charge is 2.42. The highest BCUT2D eigenvalue weighted by molar-refractivity contribution is 5.93. The standard InChI is InChI=1S/C15H26N2O2/c1-4-15(3)14(19)17(10-9-13(18)16-15)12-8-6-5-7-11(12)2/h11-12H,4-10H2,1-3H3,(H,16,18). The Hall–Kier alpha value is -1.06. The van der Waals surface area contributed by atoms with Gasteiger partial charge in [-0.2, -0.15) is 0 Å². The maximum Gasteiger partial charge on any atom is 0.248 e. The van der Waals surface area contributed by atoms with Crippen molar-refractivity contribution in [2.24, 2.45) is 5.92 Å². The number of hydrogen-bond donors (Lipinski definition) is 1. The Morgan fingerprint density at radius 1 is 1.32 bits per heavy atom. The van der Waals surface area contributed by atoms with Crippen LogP contribution in [0.15, 0.2) is 0 Å². The van der Waals surface area contributed by atoms with Gasteiger partial charge >= 0.3 is 0 Å². The van der Waals surface area contributed by atoms with Crippen LogP contribution >= 0.6 is 0 Å². The molecule has 0 spiro atoms. The van der Waals surface area contributed by atoms with Crippen LogP contribution in [0.5, 0.6) is 0 Å². The van der Waals surface area contributed by atoms with Crippen molar-refractivity contribution < 1.29 is 9.59 Å². The molecule has 2 fully saturated rings. The molecule has 0 aromatic carbocycles. The van der Waals surface area contributed by atoms with Crippen LogP contribution in [-0.4, -0.2) is 34.8 Å². The van der Waals surface area contributed by atoms with Crippen LogP contribution in [0.25, 0.3) is 0 Å². The van der Waals surface area contributed by atoms with Crippen molar-refractivity contribution in [1.29, 1.82) is 0 Å². The summed E-state index contributed by atoms with van der Waals surface area (Å²) in [6, 6.07) is 0.319. The van der Waals surface area contributed by atoms with Gasteiger partial charge in [0.1, 0.15) is 5.54 Å². The van der Waals surface area contributed by atoms with Gasteiger partial charge in [-0.05, 0) is 32.1 Å². The molecule has 4 nitrogen and oxygen atoms in total. The number of amides is 2. The molecule has 1 aliphatic carbocycles. The van der Waals surface area contributed by atoms with Crippen molar-refractivity contribution in [3.8, 4) is 0 Å². The molecule has 4 heteroatoms. The Morgan fingerprint density at radius 3 is 2.63 bits per heavy atom. The van der Waals surface area contributed by atoms with Crippen molar-refractivity contribution >= 4 is 11.8 Å². The molecule has 2 amide bonds. The molecule has 2 aliphatic rings. The van der Waals surface area contributed by atoms with Gasteiger partial charge in [-0.25, -0.2) is 0 Å². The second kappa shape index (κ2) is 5.51. The lowest BCUT2D eigenvalue weighted by atomic mass is 9.83. The molecule has 0 aromatic heterocycles. The monoisotopic (exact) mass is 266 g/mol. The molecule has 108 valence electrons. The minimum Gasteiger partial charge on any atom is -0.342 e. The maximum atomic E-state index is 12.8. The summed E-state index contributed by atoms with van der Waals surface area (Å²) >= 11 is 0. The lowest BCUT2D eigenvalue weighted by Crippen LogP contribution is -2.57. The van der Waals surface area contributed by atoms with Gasteiger partial charge in [-0.15, -0.1) is 0 Å². The Bertz CT molecular complexity index is 369. The Balaban J connectivity index is 2.23. The van der Waals surface area contributed by atoms with Gasteiger partial charge < -0.3 is 10.2 Å². The first-order valence-corrected chi connectivity index (χ1v) is 7.60. The summed E-state index contributed by atoms with van der Waals surface area (Å²) in [6.45, 7) is 6.64. The van der Waals surface area contributed by atoms with Gasteiger partial charge in [-0.1, -0.05) is 26.7 Å². The average Bonchev–Trinajstić information content (AvgIpc) is 2.50. The second-order valence-corrected chi connectivity index (χ2v) is 6.31. The van der Waals surface area contributed by atoms with Crippen LogP contribution in [0.4, 0.5) is 0 Å². The molecule has 3 unspecified atom stereocenters. The van der Waals surface area contributed by atoms with Crippen LogP contribution in [-0.2, 0) is 9.59 Å². The Labute approximate surface area is 115 Å². The van der Waals surface area contributed by atoms with E-state index in [4.69, 9.17) is 0 Å². The lowest BCUT2D eigenvalue weighted by Gasteiger charge is -2.41. The van der Waals surface area contributed by atoms with Crippen molar-refractivity contribution in [3.63, 3.8) is 0 Å². The molecule has 1 aliphatic heterocycles. The molecular weight excluding hydrogens is 240 g/mol. The van der Waals surface area contributed by atoms with Crippen LogP contribution in [0.1, 0.15) is 59.3 Å². The first-order valence-electron chi connectivity index (χ1n) is 7.60. The van der Waals surface area contributed by atoms with Crippen LogP contribution in [0.2, 0.25) is 0 Å². The molecule has 19 heavy (non-hydrogen) atoms. The third-order valence-corrected chi connectivity index (χ3v) is 4.90. The molecule has 3 atom stereocenters. The molecule has 0 aromatic rings. The van der Waals surface area contributed by atoms with E-state index in [-0.39, 0.29) is 11.8 Å².